The molecule has 61 heavy (non-hydrogen) atoms. The second-order valence-corrected chi connectivity index (χ2v) is 17.7. The highest BCUT2D eigenvalue weighted by molar-refractivity contribution is 7.25. The molecule has 0 radical (unpaired) electrons. The van der Waals surface area contributed by atoms with Crippen LogP contribution in [0.3, 0.4) is 0 Å². The monoisotopic (exact) mass is 797 g/mol. The van der Waals surface area contributed by atoms with Gasteiger partial charge in [0.05, 0.1) is 0 Å². The minimum absolute atomic E-state index is 0.160. The second-order valence-electron chi connectivity index (χ2n) is 16.6. The molecule has 2 aliphatic rings. The fourth-order valence-corrected chi connectivity index (χ4v) is 10.8. The van der Waals surface area contributed by atoms with E-state index in [2.05, 4.69) is 202 Å². The van der Waals surface area contributed by atoms with E-state index < -0.39 is 0 Å². The minimum atomic E-state index is -0.160. The lowest BCUT2D eigenvalue weighted by Gasteiger charge is -2.22. The number of rotatable bonds is 5. The molecule has 0 aliphatic heterocycles. The van der Waals surface area contributed by atoms with E-state index >= 15 is 0 Å². The molecule has 0 atom stereocenters. The number of hydrogen-bond donors (Lipinski definition) is 0. The van der Waals surface area contributed by atoms with Gasteiger partial charge in [-0.15, -0.1) is 11.3 Å². The first-order valence-electron chi connectivity index (χ1n) is 21.0. The third-order valence-corrected chi connectivity index (χ3v) is 13.9. The Morgan fingerprint density at radius 1 is 0.393 bits per heavy atom. The Bertz CT molecular complexity index is 3480. The van der Waals surface area contributed by atoms with Gasteiger partial charge in [0.2, 0.25) is 0 Å². The van der Waals surface area contributed by atoms with Crippen LogP contribution in [0.15, 0.2) is 176 Å². The van der Waals surface area contributed by atoms with Crippen molar-refractivity contribution >= 4 is 54.4 Å². The molecule has 0 amide bonds. The average molecular weight is 798 g/mol. The normalized spacial score (nSPS) is 13.7. The van der Waals surface area contributed by atoms with Gasteiger partial charge >= 0.3 is 0 Å². The molecule has 4 heteroatoms. The van der Waals surface area contributed by atoms with Crippen LogP contribution in [0.5, 0.6) is 0 Å². The molecule has 0 bridgehead atoms. The Morgan fingerprint density at radius 2 is 0.967 bits per heavy atom. The van der Waals surface area contributed by atoms with E-state index in [-0.39, 0.29) is 5.41 Å². The van der Waals surface area contributed by atoms with Crippen LogP contribution in [-0.2, 0) is 5.41 Å². The van der Waals surface area contributed by atoms with Crippen LogP contribution in [0, 0.1) is 0 Å². The Labute approximate surface area is 359 Å². The molecule has 8 aromatic carbocycles. The summed E-state index contributed by atoms with van der Waals surface area (Å²) in [5.74, 6) is 1.97. The summed E-state index contributed by atoms with van der Waals surface area (Å²) in [6.07, 6.45) is 9.82. The minimum Gasteiger partial charge on any atom is -0.208 e. The van der Waals surface area contributed by atoms with Crippen LogP contribution in [0.2, 0.25) is 0 Å². The molecule has 2 aromatic heterocycles. The summed E-state index contributed by atoms with van der Waals surface area (Å²) in [4.78, 5) is 16.2. The Hall–Kier alpha value is -7.27. The summed E-state index contributed by atoms with van der Waals surface area (Å²) in [6, 6.07) is 59.3. The third kappa shape index (κ3) is 5.74. The molecule has 0 spiro atoms. The van der Waals surface area contributed by atoms with Crippen LogP contribution in [0.4, 0.5) is 0 Å². The topological polar surface area (TPSA) is 38.7 Å². The number of benzene rings is 8. The van der Waals surface area contributed by atoms with Gasteiger partial charge in [-0.1, -0.05) is 166 Å². The Balaban J connectivity index is 1.07. The van der Waals surface area contributed by atoms with Gasteiger partial charge < -0.3 is 0 Å². The van der Waals surface area contributed by atoms with Crippen LogP contribution in [-0.4, -0.2) is 15.0 Å². The summed E-state index contributed by atoms with van der Waals surface area (Å²) >= 11 is 1.85. The van der Waals surface area contributed by atoms with E-state index in [9.17, 15) is 0 Å². The van der Waals surface area contributed by atoms with Gasteiger partial charge in [-0.25, -0.2) is 15.0 Å². The smallest absolute Gasteiger partial charge is 0.164 e. The lowest BCUT2D eigenvalue weighted by atomic mass is 9.82. The highest BCUT2D eigenvalue weighted by atomic mass is 32.1. The lowest BCUT2D eigenvalue weighted by molar-refractivity contribution is 0.660. The van der Waals surface area contributed by atoms with Crippen LogP contribution in [0.1, 0.15) is 42.5 Å². The van der Waals surface area contributed by atoms with E-state index in [4.69, 9.17) is 15.0 Å². The van der Waals surface area contributed by atoms with E-state index in [1.807, 2.05) is 11.3 Å². The summed E-state index contributed by atoms with van der Waals surface area (Å²) < 4.78 is 2.61. The molecule has 288 valence electrons. The number of thiophene rings is 1. The zero-order chi connectivity index (χ0) is 40.7. The second kappa shape index (κ2) is 13.9. The first-order valence-corrected chi connectivity index (χ1v) is 21.8. The van der Waals surface area contributed by atoms with Gasteiger partial charge in [0.1, 0.15) is 0 Å². The zero-order valence-corrected chi connectivity index (χ0v) is 34.7. The van der Waals surface area contributed by atoms with Gasteiger partial charge in [0.15, 0.2) is 17.5 Å². The van der Waals surface area contributed by atoms with Crippen molar-refractivity contribution in [2.24, 2.45) is 0 Å². The van der Waals surface area contributed by atoms with E-state index in [1.165, 1.54) is 70.2 Å². The largest absolute Gasteiger partial charge is 0.208 e. The SMILES string of the molecule is CC1(C)c2ccccc2-c2ccc(-c3nc(-c4ccc(-c5ccccc5)c5c4C=CCC=C5)nc(-c4ccc(-c5ccc6sc7ccccc7c6c5)c5ccccc45)n3)cc21. The third-order valence-electron chi connectivity index (χ3n) is 12.8. The predicted octanol–water partition coefficient (Wildman–Crippen LogP) is 15.5. The first kappa shape index (κ1) is 35.7. The fourth-order valence-electron chi connectivity index (χ4n) is 9.74. The van der Waals surface area contributed by atoms with Crippen molar-refractivity contribution in [2.45, 2.75) is 25.7 Å². The van der Waals surface area contributed by atoms with Crippen molar-refractivity contribution in [2.75, 3.05) is 0 Å². The summed E-state index contributed by atoms with van der Waals surface area (Å²) in [5.41, 5.74) is 15.0. The summed E-state index contributed by atoms with van der Waals surface area (Å²) in [5, 5.41) is 4.85. The molecule has 0 unspecified atom stereocenters. The molecule has 0 N–H and O–H groups in total. The summed E-state index contributed by atoms with van der Waals surface area (Å²) in [7, 11) is 0. The number of aromatic nitrogens is 3. The van der Waals surface area contributed by atoms with E-state index in [0.717, 1.165) is 39.4 Å². The number of nitrogens with zero attached hydrogens (tertiary/aromatic N) is 3. The molecule has 10 aromatic rings. The molecule has 2 aliphatic carbocycles. The maximum atomic E-state index is 5.42. The molecule has 2 heterocycles. The molecular weight excluding hydrogens is 759 g/mol. The average Bonchev–Trinajstić information content (AvgIpc) is 3.65. The van der Waals surface area contributed by atoms with Gasteiger partial charge in [0.25, 0.3) is 0 Å². The predicted molar refractivity (Wildman–Crippen MR) is 258 cm³/mol. The van der Waals surface area contributed by atoms with Gasteiger partial charge in [0, 0.05) is 42.3 Å². The van der Waals surface area contributed by atoms with Crippen molar-refractivity contribution in [1.82, 2.24) is 15.0 Å². The standard InChI is InChI=1S/C57H39N3S/c1-57(2)50-23-13-11-21-44(50)45-27-25-37(34-51(45)57)54-58-55(47-30-28-38(35-15-5-3-6-16-35)40-17-7-4-8-18-42(40)47)60-56(59-54)48-31-29-39(41-19-9-10-20-43(41)48)36-26-32-53-49(33-36)46-22-12-14-24-52(46)61-53/h3,5-34H,4H2,1-2H3. The molecule has 0 saturated heterocycles. The van der Waals surface area contributed by atoms with Crippen molar-refractivity contribution in [1.29, 1.82) is 0 Å². The highest BCUT2D eigenvalue weighted by Gasteiger charge is 2.35. The summed E-state index contributed by atoms with van der Waals surface area (Å²) in [6.45, 7) is 4.64. The first-order chi connectivity index (χ1) is 30.0. The fraction of sp³-hybridized carbons (Fsp3) is 0.0702. The molecular formula is C57H39N3S. The van der Waals surface area contributed by atoms with Crippen LogP contribution < -0.4 is 0 Å². The number of fused-ring (bicyclic) bond motifs is 8. The van der Waals surface area contributed by atoms with Crippen LogP contribution >= 0.6 is 11.3 Å². The van der Waals surface area contributed by atoms with Gasteiger partial charge in [-0.05, 0) is 109 Å². The van der Waals surface area contributed by atoms with Crippen molar-refractivity contribution in [3.8, 4) is 67.5 Å². The zero-order valence-electron chi connectivity index (χ0n) is 33.9. The quantitative estimate of drug-likeness (QED) is 0.174. The number of allylic oxidation sites excluding steroid dienone is 2. The van der Waals surface area contributed by atoms with Crippen molar-refractivity contribution in [3.05, 3.63) is 198 Å². The van der Waals surface area contributed by atoms with Crippen molar-refractivity contribution < 1.29 is 0 Å². The maximum absolute atomic E-state index is 5.42. The van der Waals surface area contributed by atoms with Crippen molar-refractivity contribution in [3.63, 3.8) is 0 Å². The molecule has 0 saturated carbocycles. The number of hydrogen-bond acceptors (Lipinski definition) is 4. The van der Waals surface area contributed by atoms with Gasteiger partial charge in [-0.3, -0.25) is 0 Å². The maximum Gasteiger partial charge on any atom is 0.164 e. The van der Waals surface area contributed by atoms with E-state index in [0.29, 0.717) is 17.5 Å². The molecule has 3 nitrogen and oxygen atoms in total. The van der Waals surface area contributed by atoms with Gasteiger partial charge in [-0.2, -0.15) is 0 Å². The van der Waals surface area contributed by atoms with Crippen LogP contribution in [0.25, 0.3) is 111 Å². The Morgan fingerprint density at radius 3 is 1.80 bits per heavy atom. The Kier molecular flexibility index (Phi) is 8.13. The lowest BCUT2D eigenvalue weighted by Crippen LogP contribution is -2.15. The highest BCUT2D eigenvalue weighted by Crippen LogP contribution is 2.50. The molecule has 0 fully saturated rings. The molecule has 12 rings (SSSR count). The van der Waals surface area contributed by atoms with E-state index in [1.54, 1.807) is 0 Å².